The van der Waals surface area contributed by atoms with Crippen LogP contribution in [0.1, 0.15) is 0 Å². The lowest BCUT2D eigenvalue weighted by Gasteiger charge is -2.11. The van der Waals surface area contributed by atoms with Crippen LogP contribution in [0.5, 0.6) is 0 Å². The second-order valence-electron chi connectivity index (χ2n) is 7.09. The number of hydrogen-bond acceptors (Lipinski definition) is 1. The molecular formula is C28H19BrS. The first-order chi connectivity index (χ1) is 14.8. The molecule has 30 heavy (non-hydrogen) atoms. The van der Waals surface area contributed by atoms with Crippen LogP contribution < -0.4 is 0 Å². The van der Waals surface area contributed by atoms with E-state index in [0.717, 1.165) is 4.47 Å². The highest BCUT2D eigenvalue weighted by atomic mass is 79.9. The molecule has 0 N–H and O–H groups in total. The first-order valence-electron chi connectivity index (χ1n) is 9.91. The van der Waals surface area contributed by atoms with Crippen LogP contribution in [0.4, 0.5) is 0 Å². The van der Waals surface area contributed by atoms with Gasteiger partial charge in [-0.25, -0.2) is 0 Å². The molecule has 0 aliphatic heterocycles. The average Bonchev–Trinajstić information content (AvgIpc) is 3.21. The third kappa shape index (κ3) is 3.54. The van der Waals surface area contributed by atoms with E-state index in [2.05, 4.69) is 131 Å². The molecule has 144 valence electrons. The summed E-state index contributed by atoms with van der Waals surface area (Å²) in [5.41, 5.74) is 7.53. The Hall–Kier alpha value is -2.94. The van der Waals surface area contributed by atoms with Crippen LogP contribution in [0.25, 0.3) is 43.1 Å². The zero-order valence-corrected chi connectivity index (χ0v) is 18.7. The summed E-state index contributed by atoms with van der Waals surface area (Å²) in [6.07, 6.45) is 0. The summed E-state index contributed by atoms with van der Waals surface area (Å²) in [6.45, 7) is 0. The van der Waals surface area contributed by atoms with Crippen molar-refractivity contribution in [2.45, 2.75) is 0 Å². The van der Waals surface area contributed by atoms with Gasteiger partial charge in [0.1, 0.15) is 0 Å². The maximum Gasteiger partial charge on any atom is 0.0445 e. The summed E-state index contributed by atoms with van der Waals surface area (Å²) in [5, 5.41) is 0. The van der Waals surface area contributed by atoms with Crippen molar-refractivity contribution in [2.24, 2.45) is 0 Å². The van der Waals surface area contributed by atoms with Gasteiger partial charge in [0.2, 0.25) is 0 Å². The van der Waals surface area contributed by atoms with E-state index in [9.17, 15) is 0 Å². The van der Waals surface area contributed by atoms with Crippen LogP contribution in [0.3, 0.4) is 0 Å². The van der Waals surface area contributed by atoms with E-state index in [1.165, 1.54) is 43.1 Å². The molecule has 0 spiro atoms. The fraction of sp³-hybridized carbons (Fsp3) is 0. The zero-order valence-electron chi connectivity index (χ0n) is 16.3. The van der Waals surface area contributed by atoms with Crippen LogP contribution in [0, 0.1) is 0 Å². The van der Waals surface area contributed by atoms with Gasteiger partial charge in [-0.05, 0) is 22.8 Å². The molecule has 1 heterocycles. The van der Waals surface area contributed by atoms with Crippen LogP contribution in [-0.2, 0) is 0 Å². The minimum absolute atomic E-state index is 1.11. The van der Waals surface area contributed by atoms with Gasteiger partial charge in [-0.15, -0.1) is 11.3 Å². The summed E-state index contributed by atoms with van der Waals surface area (Å²) in [7, 11) is 0. The standard InChI is InChI=1S/C28H19BrS/c29-24-19-11-10-18-23(24)28-26(21-14-6-2-7-15-21)25(20-12-4-1-5-13-20)27(30-28)22-16-8-3-9-17-22/h1-19H. The van der Waals surface area contributed by atoms with Crippen molar-refractivity contribution in [3.63, 3.8) is 0 Å². The number of hydrogen-bond donors (Lipinski definition) is 0. The number of thiophene rings is 1. The van der Waals surface area contributed by atoms with Gasteiger partial charge in [0.05, 0.1) is 0 Å². The molecule has 2 heteroatoms. The van der Waals surface area contributed by atoms with Crippen LogP contribution in [-0.4, -0.2) is 0 Å². The van der Waals surface area contributed by atoms with Crippen molar-refractivity contribution >= 4 is 27.3 Å². The van der Waals surface area contributed by atoms with Crippen LogP contribution in [0.2, 0.25) is 0 Å². The Morgan fingerprint density at radius 1 is 0.433 bits per heavy atom. The van der Waals surface area contributed by atoms with E-state index in [-0.39, 0.29) is 0 Å². The van der Waals surface area contributed by atoms with Crippen LogP contribution >= 0.6 is 27.3 Å². The molecule has 0 fully saturated rings. The Morgan fingerprint density at radius 2 is 0.867 bits per heavy atom. The lowest BCUT2D eigenvalue weighted by Crippen LogP contribution is -1.86. The Labute approximate surface area is 189 Å². The molecule has 1 aromatic heterocycles. The molecule has 0 aliphatic carbocycles. The van der Waals surface area contributed by atoms with Crippen molar-refractivity contribution in [3.8, 4) is 43.1 Å². The second-order valence-corrected chi connectivity index (χ2v) is 8.96. The predicted molar refractivity (Wildman–Crippen MR) is 134 cm³/mol. The third-order valence-electron chi connectivity index (χ3n) is 5.19. The Kier molecular flexibility index (Phi) is 5.35. The summed E-state index contributed by atoms with van der Waals surface area (Å²) >= 11 is 5.66. The van der Waals surface area contributed by atoms with E-state index in [1.54, 1.807) is 0 Å². The molecule has 4 aromatic carbocycles. The number of benzene rings is 4. The second kappa shape index (κ2) is 8.43. The van der Waals surface area contributed by atoms with Crippen molar-refractivity contribution in [1.29, 1.82) is 0 Å². The minimum atomic E-state index is 1.11. The van der Waals surface area contributed by atoms with Gasteiger partial charge in [-0.1, -0.05) is 125 Å². The van der Waals surface area contributed by atoms with Crippen molar-refractivity contribution in [2.75, 3.05) is 0 Å². The summed E-state index contributed by atoms with van der Waals surface area (Å²) in [4.78, 5) is 2.58. The summed E-state index contributed by atoms with van der Waals surface area (Å²) in [5.74, 6) is 0. The molecule has 0 bridgehead atoms. The van der Waals surface area contributed by atoms with E-state index >= 15 is 0 Å². The maximum absolute atomic E-state index is 3.79. The number of rotatable bonds is 4. The first-order valence-corrected chi connectivity index (χ1v) is 11.5. The quantitative estimate of drug-likeness (QED) is 0.247. The Morgan fingerprint density at radius 3 is 1.40 bits per heavy atom. The van der Waals surface area contributed by atoms with E-state index in [4.69, 9.17) is 0 Å². The Balaban J connectivity index is 1.91. The van der Waals surface area contributed by atoms with Crippen LogP contribution in [0.15, 0.2) is 120 Å². The summed E-state index contributed by atoms with van der Waals surface area (Å²) < 4.78 is 1.11. The molecule has 0 nitrogen and oxygen atoms in total. The smallest absolute Gasteiger partial charge is 0.0445 e. The summed E-state index contributed by atoms with van der Waals surface area (Å²) in [6, 6.07) is 40.7. The van der Waals surface area contributed by atoms with Crippen molar-refractivity contribution in [3.05, 3.63) is 120 Å². The molecule has 0 saturated carbocycles. The fourth-order valence-corrected chi connectivity index (χ4v) is 5.82. The highest BCUT2D eigenvalue weighted by molar-refractivity contribution is 9.10. The van der Waals surface area contributed by atoms with Gasteiger partial charge in [0.25, 0.3) is 0 Å². The van der Waals surface area contributed by atoms with Crippen molar-refractivity contribution in [1.82, 2.24) is 0 Å². The molecule has 0 saturated heterocycles. The highest BCUT2D eigenvalue weighted by Gasteiger charge is 2.23. The first kappa shape index (κ1) is 19.0. The predicted octanol–water partition coefficient (Wildman–Crippen LogP) is 9.18. The monoisotopic (exact) mass is 466 g/mol. The van der Waals surface area contributed by atoms with Gasteiger partial charge >= 0.3 is 0 Å². The number of halogens is 1. The molecule has 0 atom stereocenters. The van der Waals surface area contributed by atoms with Gasteiger partial charge in [-0.2, -0.15) is 0 Å². The van der Waals surface area contributed by atoms with E-state index in [1.807, 2.05) is 11.3 Å². The lowest BCUT2D eigenvalue weighted by atomic mass is 9.91. The van der Waals surface area contributed by atoms with Gasteiger partial charge in [0.15, 0.2) is 0 Å². The molecule has 0 amide bonds. The molecule has 0 radical (unpaired) electrons. The van der Waals surface area contributed by atoms with E-state index in [0.29, 0.717) is 0 Å². The largest absolute Gasteiger partial charge is 0.134 e. The molecule has 0 unspecified atom stereocenters. The molecule has 5 aromatic rings. The molecule has 0 aliphatic rings. The average molecular weight is 467 g/mol. The Bertz CT molecular complexity index is 1270. The fourth-order valence-electron chi connectivity index (χ4n) is 3.82. The topological polar surface area (TPSA) is 0 Å². The minimum Gasteiger partial charge on any atom is -0.134 e. The van der Waals surface area contributed by atoms with Gasteiger partial charge in [0, 0.05) is 30.9 Å². The third-order valence-corrected chi connectivity index (χ3v) is 7.15. The molecule has 5 rings (SSSR count). The lowest BCUT2D eigenvalue weighted by molar-refractivity contribution is 1.60. The normalized spacial score (nSPS) is 10.8. The van der Waals surface area contributed by atoms with Crippen molar-refractivity contribution < 1.29 is 0 Å². The highest BCUT2D eigenvalue weighted by Crippen LogP contribution is 2.52. The maximum atomic E-state index is 3.79. The zero-order chi connectivity index (χ0) is 20.3. The van der Waals surface area contributed by atoms with Gasteiger partial charge in [-0.3, -0.25) is 0 Å². The van der Waals surface area contributed by atoms with E-state index < -0.39 is 0 Å². The van der Waals surface area contributed by atoms with Gasteiger partial charge < -0.3 is 0 Å². The molecular weight excluding hydrogens is 448 g/mol. The SMILES string of the molecule is Brc1ccccc1-c1sc(-c2ccccc2)c(-c2ccccc2)c1-c1ccccc1.